The number of nitrogens with zero attached hydrogens (tertiary/aromatic N) is 5. The average Bonchev–Trinajstić information content (AvgIpc) is 3.70. The minimum Gasteiger partial charge on any atom is -0.338 e. The molecule has 37 heavy (non-hydrogen) atoms. The maximum absolute atomic E-state index is 13.3. The molecule has 0 bridgehead atoms. The first-order valence-corrected chi connectivity index (χ1v) is 13.7. The molecule has 1 aliphatic carbocycles. The molecule has 1 spiro atoms. The number of carbonyl (C=O) groups excluding carboxylic acids is 1. The van der Waals surface area contributed by atoms with E-state index in [1.807, 2.05) is 18.7 Å². The number of piperazine rings is 1. The van der Waals surface area contributed by atoms with Gasteiger partial charge in [0.25, 0.3) is 5.91 Å². The van der Waals surface area contributed by atoms with Gasteiger partial charge >= 0.3 is 0 Å². The number of benzene rings is 2. The van der Waals surface area contributed by atoms with Crippen LogP contribution in [0.4, 0.5) is 0 Å². The van der Waals surface area contributed by atoms with Gasteiger partial charge in [-0.1, -0.05) is 60.7 Å². The molecular weight excluding hydrogens is 458 g/mol. The molecule has 1 aromatic heterocycles. The van der Waals surface area contributed by atoms with Gasteiger partial charge in [-0.3, -0.25) is 14.6 Å². The number of hydrogen-bond donors (Lipinski definition) is 0. The van der Waals surface area contributed by atoms with Crippen molar-refractivity contribution >= 4 is 5.91 Å². The van der Waals surface area contributed by atoms with Crippen LogP contribution in [-0.4, -0.2) is 74.9 Å². The summed E-state index contributed by atoms with van der Waals surface area (Å²) in [5, 5.41) is 0. The Morgan fingerprint density at radius 1 is 0.838 bits per heavy atom. The summed E-state index contributed by atoms with van der Waals surface area (Å²) >= 11 is 0. The maximum Gasteiger partial charge on any atom is 0.257 e. The van der Waals surface area contributed by atoms with E-state index in [1.165, 1.54) is 24.0 Å². The largest absolute Gasteiger partial charge is 0.338 e. The normalized spacial score (nSPS) is 20.5. The quantitative estimate of drug-likeness (QED) is 0.516. The lowest BCUT2D eigenvalue weighted by Crippen LogP contribution is -2.59. The van der Waals surface area contributed by atoms with E-state index in [2.05, 4.69) is 80.4 Å². The minimum atomic E-state index is 0.0890. The van der Waals surface area contributed by atoms with Crippen LogP contribution in [0, 0.1) is 13.8 Å². The van der Waals surface area contributed by atoms with Crippen molar-refractivity contribution in [3.8, 4) is 0 Å². The number of piperidine rings is 1. The minimum absolute atomic E-state index is 0.0890. The lowest BCUT2D eigenvalue weighted by molar-refractivity contribution is 0.000458. The Labute approximate surface area is 220 Å². The van der Waals surface area contributed by atoms with Gasteiger partial charge in [-0.2, -0.15) is 0 Å². The Morgan fingerprint density at radius 2 is 1.41 bits per heavy atom. The molecule has 3 fully saturated rings. The topological polar surface area (TPSA) is 52.6 Å². The van der Waals surface area contributed by atoms with E-state index >= 15 is 0 Å². The SMILES string of the molecule is Cc1ncnc(C)c1C(=O)N1CCC(N2CCN(C(c3ccccc3)c3ccccc3)C3(CC3)C2)CC1. The molecule has 0 N–H and O–H groups in total. The van der Waals surface area contributed by atoms with Gasteiger partial charge in [0, 0.05) is 44.3 Å². The molecule has 2 aliphatic heterocycles. The van der Waals surface area contributed by atoms with Gasteiger partial charge in [0.2, 0.25) is 0 Å². The first kappa shape index (κ1) is 24.3. The molecule has 3 aliphatic rings. The van der Waals surface area contributed by atoms with E-state index < -0.39 is 0 Å². The monoisotopic (exact) mass is 495 g/mol. The van der Waals surface area contributed by atoms with Crippen LogP contribution in [0.15, 0.2) is 67.0 Å². The molecular formula is C31H37N5O. The summed E-state index contributed by atoms with van der Waals surface area (Å²) < 4.78 is 0. The number of rotatable bonds is 5. The average molecular weight is 496 g/mol. The molecule has 6 rings (SSSR count). The molecule has 6 heteroatoms. The summed E-state index contributed by atoms with van der Waals surface area (Å²) in [6, 6.07) is 22.9. The summed E-state index contributed by atoms with van der Waals surface area (Å²) in [7, 11) is 0. The second kappa shape index (κ2) is 9.99. The Balaban J connectivity index is 1.14. The Morgan fingerprint density at radius 3 is 1.95 bits per heavy atom. The van der Waals surface area contributed by atoms with Crippen molar-refractivity contribution in [3.63, 3.8) is 0 Å². The second-order valence-electron chi connectivity index (χ2n) is 11.1. The van der Waals surface area contributed by atoms with Crippen molar-refractivity contribution in [1.29, 1.82) is 0 Å². The van der Waals surface area contributed by atoms with Crippen LogP contribution in [0.5, 0.6) is 0 Å². The highest BCUT2D eigenvalue weighted by Crippen LogP contribution is 2.50. The van der Waals surface area contributed by atoms with Crippen molar-refractivity contribution in [2.45, 2.75) is 57.2 Å². The van der Waals surface area contributed by atoms with E-state index in [9.17, 15) is 4.79 Å². The Hall–Kier alpha value is -3.09. The zero-order valence-electron chi connectivity index (χ0n) is 22.0. The van der Waals surface area contributed by atoms with Crippen molar-refractivity contribution < 1.29 is 4.79 Å². The summed E-state index contributed by atoms with van der Waals surface area (Å²) in [4.78, 5) is 29.3. The molecule has 1 amide bonds. The lowest BCUT2D eigenvalue weighted by atomic mass is 9.92. The van der Waals surface area contributed by atoms with Crippen molar-refractivity contribution in [2.75, 3.05) is 32.7 Å². The van der Waals surface area contributed by atoms with Crippen LogP contribution < -0.4 is 0 Å². The summed E-state index contributed by atoms with van der Waals surface area (Å²) in [6.45, 7) is 8.71. The third-order valence-corrected chi connectivity index (χ3v) is 8.81. The van der Waals surface area contributed by atoms with Crippen molar-refractivity contribution in [2.24, 2.45) is 0 Å². The molecule has 192 valence electrons. The zero-order valence-corrected chi connectivity index (χ0v) is 22.0. The van der Waals surface area contributed by atoms with E-state index in [0.29, 0.717) is 17.6 Å². The molecule has 0 atom stereocenters. The molecule has 1 saturated carbocycles. The Bertz CT molecular complexity index is 1180. The van der Waals surface area contributed by atoms with Crippen molar-refractivity contribution in [3.05, 3.63) is 95.1 Å². The first-order chi connectivity index (χ1) is 18.1. The van der Waals surface area contributed by atoms with Gasteiger partial charge in [-0.05, 0) is 50.7 Å². The fraction of sp³-hybridized carbons (Fsp3) is 0.452. The number of aromatic nitrogens is 2. The molecule has 0 unspecified atom stereocenters. The standard InChI is InChI=1S/C31H37N5O/c1-23-28(24(2)33-22-32-23)30(37)34-17-13-27(14-18-34)35-19-20-36(31(21-35)15-16-31)29(25-9-5-3-6-10-25)26-11-7-4-8-12-26/h3-12,22,27,29H,13-21H2,1-2H3. The van der Waals surface area contributed by atoms with Crippen LogP contribution in [0.2, 0.25) is 0 Å². The van der Waals surface area contributed by atoms with E-state index in [4.69, 9.17) is 0 Å². The van der Waals surface area contributed by atoms with Gasteiger partial charge in [0.1, 0.15) is 6.33 Å². The molecule has 2 aromatic carbocycles. The highest BCUT2D eigenvalue weighted by molar-refractivity contribution is 5.96. The fourth-order valence-electron chi connectivity index (χ4n) is 6.64. The van der Waals surface area contributed by atoms with Gasteiger partial charge in [-0.25, -0.2) is 9.97 Å². The number of hydrogen-bond acceptors (Lipinski definition) is 5. The maximum atomic E-state index is 13.3. The first-order valence-electron chi connectivity index (χ1n) is 13.7. The van der Waals surface area contributed by atoms with Crippen LogP contribution in [0.3, 0.4) is 0 Å². The smallest absolute Gasteiger partial charge is 0.257 e. The third kappa shape index (κ3) is 4.69. The highest BCUT2D eigenvalue weighted by Gasteiger charge is 2.54. The van der Waals surface area contributed by atoms with E-state index in [1.54, 1.807) is 6.33 Å². The van der Waals surface area contributed by atoms with Crippen LogP contribution >= 0.6 is 0 Å². The molecule has 3 aromatic rings. The van der Waals surface area contributed by atoms with Gasteiger partial charge in [0.15, 0.2) is 0 Å². The number of carbonyl (C=O) groups is 1. The second-order valence-corrected chi connectivity index (χ2v) is 11.1. The number of likely N-dealkylation sites (tertiary alicyclic amines) is 1. The Kier molecular flexibility index (Phi) is 6.55. The third-order valence-electron chi connectivity index (χ3n) is 8.81. The van der Waals surface area contributed by atoms with E-state index in [-0.39, 0.29) is 11.4 Å². The lowest BCUT2D eigenvalue weighted by Gasteiger charge is -2.49. The molecule has 6 nitrogen and oxygen atoms in total. The zero-order chi connectivity index (χ0) is 25.4. The van der Waals surface area contributed by atoms with Gasteiger partial charge in [-0.15, -0.1) is 0 Å². The molecule has 0 radical (unpaired) electrons. The summed E-state index contributed by atoms with van der Waals surface area (Å²) in [5.74, 6) is 0.0890. The van der Waals surface area contributed by atoms with Crippen LogP contribution in [0.25, 0.3) is 0 Å². The predicted molar refractivity (Wildman–Crippen MR) is 145 cm³/mol. The summed E-state index contributed by atoms with van der Waals surface area (Å²) in [5.41, 5.74) is 5.26. The van der Waals surface area contributed by atoms with Crippen LogP contribution in [-0.2, 0) is 0 Å². The highest BCUT2D eigenvalue weighted by atomic mass is 16.2. The summed E-state index contributed by atoms with van der Waals surface area (Å²) in [6.07, 6.45) is 6.15. The fourth-order valence-corrected chi connectivity index (χ4v) is 6.64. The number of aryl methyl sites for hydroxylation is 2. The molecule has 3 heterocycles. The molecule has 2 saturated heterocycles. The van der Waals surface area contributed by atoms with Crippen LogP contribution in [0.1, 0.15) is 64.6 Å². The number of amides is 1. The van der Waals surface area contributed by atoms with Crippen molar-refractivity contribution in [1.82, 2.24) is 24.7 Å². The van der Waals surface area contributed by atoms with Gasteiger partial charge < -0.3 is 4.90 Å². The van der Waals surface area contributed by atoms with E-state index in [0.717, 1.165) is 57.0 Å². The van der Waals surface area contributed by atoms with Gasteiger partial charge in [0.05, 0.1) is 23.0 Å². The predicted octanol–water partition coefficient (Wildman–Crippen LogP) is 4.64.